The Kier molecular flexibility index (Phi) is 5.76. The summed E-state index contributed by atoms with van der Waals surface area (Å²) in [5, 5.41) is 2.30. The zero-order chi connectivity index (χ0) is 23.0. The van der Waals surface area contributed by atoms with Crippen molar-refractivity contribution >= 4 is 23.6 Å². The molecule has 3 aliphatic rings. The van der Waals surface area contributed by atoms with Crippen molar-refractivity contribution in [3.05, 3.63) is 18.0 Å². The number of rotatable bonds is 6. The van der Waals surface area contributed by atoms with Crippen LogP contribution < -0.4 is 20.9 Å². The van der Waals surface area contributed by atoms with Crippen LogP contribution >= 0.6 is 0 Å². The first-order chi connectivity index (χ1) is 16.0. The Morgan fingerprint density at radius 1 is 1.15 bits per heavy atom. The number of nitrogens with one attached hydrogen (secondary N) is 1. The van der Waals surface area contributed by atoms with Gasteiger partial charge in [0, 0.05) is 44.0 Å². The van der Waals surface area contributed by atoms with E-state index in [-0.39, 0.29) is 23.5 Å². The molecule has 13 heteroatoms. The number of halogens is 2. The van der Waals surface area contributed by atoms with Crippen molar-refractivity contribution < 1.29 is 23.0 Å². The number of hydrogen-bond acceptors (Lipinski definition) is 10. The van der Waals surface area contributed by atoms with Crippen molar-refractivity contribution in [2.24, 2.45) is 11.1 Å². The van der Waals surface area contributed by atoms with Gasteiger partial charge in [0.2, 0.25) is 17.8 Å². The molecule has 3 fully saturated rings. The third-order valence-corrected chi connectivity index (χ3v) is 5.93. The summed E-state index contributed by atoms with van der Waals surface area (Å²) in [6.45, 7) is 4.97. The van der Waals surface area contributed by atoms with Crippen molar-refractivity contribution in [2.75, 3.05) is 74.3 Å². The van der Waals surface area contributed by atoms with Crippen LogP contribution in [0.15, 0.2) is 12.3 Å². The molecule has 176 valence electrons. The van der Waals surface area contributed by atoms with Crippen molar-refractivity contribution in [1.29, 1.82) is 0 Å². The van der Waals surface area contributed by atoms with Gasteiger partial charge in [-0.3, -0.25) is 10.1 Å². The van der Waals surface area contributed by atoms with Crippen molar-refractivity contribution in [3.63, 3.8) is 0 Å². The highest BCUT2D eigenvalue weighted by atomic mass is 19.3. The average molecular weight is 462 g/mol. The SMILES string of the molecule is NCC(=O)Nc1ncc(-c2cc(N3CC4(COC4)C3)nc(N3CCOCC3)n2)c(C(F)F)n1. The quantitative estimate of drug-likeness (QED) is 0.623. The number of carbonyl (C=O) groups is 1. The van der Waals surface area contributed by atoms with Crippen LogP contribution in [-0.4, -0.2) is 85.0 Å². The molecule has 3 N–H and O–H groups in total. The summed E-state index contributed by atoms with van der Waals surface area (Å²) in [4.78, 5) is 32.8. The molecule has 1 amide bonds. The third kappa shape index (κ3) is 4.30. The van der Waals surface area contributed by atoms with Crippen molar-refractivity contribution in [2.45, 2.75) is 6.43 Å². The van der Waals surface area contributed by atoms with Crippen LogP contribution in [0, 0.1) is 5.41 Å². The fraction of sp³-hybridized carbons (Fsp3) is 0.550. The second kappa shape index (κ2) is 8.72. The molecule has 2 aromatic rings. The maximum atomic E-state index is 13.9. The molecule has 5 heterocycles. The first kappa shape index (κ1) is 21.8. The number of alkyl halides is 2. The fourth-order valence-electron chi connectivity index (χ4n) is 4.12. The summed E-state index contributed by atoms with van der Waals surface area (Å²) >= 11 is 0. The van der Waals surface area contributed by atoms with Crippen LogP contribution in [0.1, 0.15) is 12.1 Å². The van der Waals surface area contributed by atoms with E-state index >= 15 is 0 Å². The topological polar surface area (TPSA) is 132 Å². The Labute approximate surface area is 188 Å². The van der Waals surface area contributed by atoms with Crippen molar-refractivity contribution in [3.8, 4) is 11.3 Å². The molecule has 5 rings (SSSR count). The maximum Gasteiger partial charge on any atom is 0.281 e. The monoisotopic (exact) mass is 462 g/mol. The lowest BCUT2D eigenvalue weighted by Crippen LogP contribution is -2.66. The summed E-state index contributed by atoms with van der Waals surface area (Å²) < 4.78 is 38.6. The Hall–Kier alpha value is -3.03. The predicted molar refractivity (Wildman–Crippen MR) is 114 cm³/mol. The molecule has 0 bridgehead atoms. The van der Waals surface area contributed by atoms with E-state index in [0.29, 0.717) is 43.8 Å². The van der Waals surface area contributed by atoms with Gasteiger partial charge in [0.05, 0.1) is 44.1 Å². The van der Waals surface area contributed by atoms with Gasteiger partial charge in [-0.25, -0.2) is 23.7 Å². The second-order valence-corrected chi connectivity index (χ2v) is 8.41. The van der Waals surface area contributed by atoms with Crippen LogP contribution in [-0.2, 0) is 14.3 Å². The minimum atomic E-state index is -2.90. The predicted octanol–water partition coefficient (Wildman–Crippen LogP) is 0.442. The Balaban J connectivity index is 1.52. The van der Waals surface area contributed by atoms with E-state index in [1.807, 2.05) is 4.90 Å². The summed E-state index contributed by atoms with van der Waals surface area (Å²) in [6, 6.07) is 1.68. The molecule has 0 aliphatic carbocycles. The van der Waals surface area contributed by atoms with Gasteiger partial charge in [0.25, 0.3) is 6.43 Å². The summed E-state index contributed by atoms with van der Waals surface area (Å²) in [5.74, 6) is 0.285. The van der Waals surface area contributed by atoms with Gasteiger partial charge in [-0.2, -0.15) is 4.98 Å². The number of carbonyl (C=O) groups excluding carboxylic acids is 1. The molecule has 0 aromatic carbocycles. The highest BCUT2D eigenvalue weighted by molar-refractivity contribution is 5.90. The van der Waals surface area contributed by atoms with E-state index in [1.54, 1.807) is 6.07 Å². The first-order valence-corrected chi connectivity index (χ1v) is 10.7. The zero-order valence-corrected chi connectivity index (χ0v) is 17.8. The lowest BCUT2D eigenvalue weighted by molar-refractivity contribution is -0.127. The lowest BCUT2D eigenvalue weighted by atomic mass is 9.78. The third-order valence-electron chi connectivity index (χ3n) is 5.93. The van der Waals surface area contributed by atoms with Crippen LogP contribution in [0.25, 0.3) is 11.3 Å². The minimum absolute atomic E-state index is 0.0797. The molecule has 0 radical (unpaired) electrons. The molecule has 2 aromatic heterocycles. The molecule has 0 unspecified atom stereocenters. The first-order valence-electron chi connectivity index (χ1n) is 10.7. The summed E-state index contributed by atoms with van der Waals surface area (Å²) in [7, 11) is 0. The number of hydrogen-bond donors (Lipinski definition) is 2. The number of ether oxygens (including phenoxy) is 2. The van der Waals surface area contributed by atoms with E-state index in [2.05, 4.69) is 25.2 Å². The molecular weight excluding hydrogens is 438 g/mol. The highest BCUT2D eigenvalue weighted by Gasteiger charge is 2.49. The molecule has 3 aliphatic heterocycles. The van der Waals surface area contributed by atoms with E-state index in [4.69, 9.17) is 20.2 Å². The normalized spacial score (nSPS) is 19.4. The van der Waals surface area contributed by atoms with Gasteiger partial charge in [-0.1, -0.05) is 0 Å². The summed E-state index contributed by atoms with van der Waals surface area (Å²) in [6.07, 6.45) is -1.66. The van der Waals surface area contributed by atoms with Gasteiger partial charge in [0.15, 0.2) is 0 Å². The minimum Gasteiger partial charge on any atom is -0.380 e. The number of nitrogens with zero attached hydrogens (tertiary/aromatic N) is 6. The number of aromatic nitrogens is 4. The molecule has 0 atom stereocenters. The molecule has 1 spiro atoms. The van der Waals surface area contributed by atoms with Gasteiger partial charge < -0.3 is 25.0 Å². The number of anilines is 3. The highest BCUT2D eigenvalue weighted by Crippen LogP contribution is 2.41. The van der Waals surface area contributed by atoms with Crippen LogP contribution in [0.4, 0.5) is 26.5 Å². The molecule has 3 saturated heterocycles. The van der Waals surface area contributed by atoms with Crippen LogP contribution in [0.5, 0.6) is 0 Å². The Bertz CT molecular complexity index is 1040. The number of amides is 1. The molecule has 11 nitrogen and oxygen atoms in total. The molecular formula is C20H24F2N8O3. The standard InChI is InChI=1S/C20H24F2N8O3/c21-17(22)16-12(7-24-18(28-16)27-15(31)6-23)13-5-14(30-8-20(9-30)10-33-11-20)26-19(25-13)29-1-3-32-4-2-29/h5,7,17H,1-4,6,8-11,23H2,(H,24,27,28,31). The van der Waals surface area contributed by atoms with Gasteiger partial charge in [-0.05, 0) is 0 Å². The van der Waals surface area contributed by atoms with E-state index in [1.165, 1.54) is 6.20 Å². The summed E-state index contributed by atoms with van der Waals surface area (Å²) in [5.41, 5.74) is 5.27. The number of morpholine rings is 1. The average Bonchev–Trinajstić information content (AvgIpc) is 2.77. The molecule has 33 heavy (non-hydrogen) atoms. The second-order valence-electron chi connectivity index (χ2n) is 8.41. The van der Waals surface area contributed by atoms with E-state index in [9.17, 15) is 13.6 Å². The molecule has 0 saturated carbocycles. The van der Waals surface area contributed by atoms with Crippen LogP contribution in [0.2, 0.25) is 0 Å². The lowest BCUT2D eigenvalue weighted by Gasteiger charge is -2.55. The zero-order valence-electron chi connectivity index (χ0n) is 17.8. The van der Waals surface area contributed by atoms with Gasteiger partial charge in [-0.15, -0.1) is 0 Å². The van der Waals surface area contributed by atoms with Crippen molar-refractivity contribution in [1.82, 2.24) is 19.9 Å². The number of nitrogens with two attached hydrogens (primary N) is 1. The van der Waals surface area contributed by atoms with E-state index < -0.39 is 18.0 Å². The Morgan fingerprint density at radius 3 is 2.55 bits per heavy atom. The van der Waals surface area contributed by atoms with Crippen LogP contribution in [0.3, 0.4) is 0 Å². The largest absolute Gasteiger partial charge is 0.380 e. The Morgan fingerprint density at radius 2 is 1.91 bits per heavy atom. The maximum absolute atomic E-state index is 13.9. The van der Waals surface area contributed by atoms with Gasteiger partial charge >= 0.3 is 0 Å². The van der Waals surface area contributed by atoms with E-state index in [0.717, 1.165) is 26.3 Å². The smallest absolute Gasteiger partial charge is 0.281 e. The fourth-order valence-corrected chi connectivity index (χ4v) is 4.12. The van der Waals surface area contributed by atoms with Gasteiger partial charge in [0.1, 0.15) is 11.5 Å².